The van der Waals surface area contributed by atoms with Crippen molar-refractivity contribution < 1.29 is 4.74 Å². The molecular weight excluding hydrogens is 212 g/mol. The molecule has 0 aliphatic carbocycles. The van der Waals surface area contributed by atoms with Crippen LogP contribution in [-0.4, -0.2) is 32.2 Å². The van der Waals surface area contributed by atoms with Gasteiger partial charge in [-0.15, -0.1) is 0 Å². The summed E-state index contributed by atoms with van der Waals surface area (Å²) >= 11 is 0. The van der Waals surface area contributed by atoms with Gasteiger partial charge in [-0.25, -0.2) is 0 Å². The smallest absolute Gasteiger partial charge is 0.123 e. The number of nitrogens with zero attached hydrogens (tertiary/aromatic N) is 2. The van der Waals surface area contributed by atoms with Crippen molar-refractivity contribution >= 4 is 0 Å². The summed E-state index contributed by atoms with van der Waals surface area (Å²) in [6, 6.07) is 10.4. The molecule has 1 atom stereocenters. The highest BCUT2D eigenvalue weighted by atomic mass is 16.5. The molecule has 3 nitrogen and oxygen atoms in total. The molecule has 0 aliphatic rings. The molecule has 0 amide bonds. The van der Waals surface area contributed by atoms with E-state index in [-0.39, 0.29) is 6.04 Å². The van der Waals surface area contributed by atoms with Gasteiger partial charge >= 0.3 is 0 Å². The molecule has 3 heteroatoms. The predicted molar refractivity (Wildman–Crippen MR) is 68.7 cm³/mol. The van der Waals surface area contributed by atoms with E-state index >= 15 is 0 Å². The van der Waals surface area contributed by atoms with Gasteiger partial charge in [0.05, 0.1) is 12.7 Å². The van der Waals surface area contributed by atoms with Crippen molar-refractivity contribution in [2.24, 2.45) is 0 Å². The van der Waals surface area contributed by atoms with Gasteiger partial charge in [-0.1, -0.05) is 31.2 Å². The van der Waals surface area contributed by atoms with Gasteiger partial charge in [-0.3, -0.25) is 4.90 Å². The maximum absolute atomic E-state index is 9.24. The number of ether oxygens (including phenoxy) is 1. The Labute approximate surface area is 104 Å². The third kappa shape index (κ3) is 3.85. The monoisotopic (exact) mass is 232 g/mol. The zero-order valence-electron chi connectivity index (χ0n) is 10.8. The van der Waals surface area contributed by atoms with Crippen LogP contribution >= 0.6 is 0 Å². The second-order valence-electron chi connectivity index (χ2n) is 4.10. The minimum Gasteiger partial charge on any atom is -0.383 e. The Bertz CT molecular complexity index is 367. The minimum atomic E-state index is -0.198. The van der Waals surface area contributed by atoms with Crippen LogP contribution in [0.2, 0.25) is 0 Å². The lowest BCUT2D eigenvalue weighted by Gasteiger charge is -2.22. The number of nitriles is 1. The fourth-order valence-corrected chi connectivity index (χ4v) is 1.73. The maximum Gasteiger partial charge on any atom is 0.123 e. The molecule has 17 heavy (non-hydrogen) atoms. The van der Waals surface area contributed by atoms with Crippen molar-refractivity contribution in [3.8, 4) is 6.07 Å². The summed E-state index contributed by atoms with van der Waals surface area (Å²) in [5.41, 5.74) is 2.34. The van der Waals surface area contributed by atoms with Crippen molar-refractivity contribution in [3.05, 3.63) is 35.4 Å². The number of benzene rings is 1. The normalized spacial score (nSPS) is 12.4. The van der Waals surface area contributed by atoms with E-state index < -0.39 is 0 Å². The minimum absolute atomic E-state index is 0.198. The van der Waals surface area contributed by atoms with Crippen molar-refractivity contribution in [3.63, 3.8) is 0 Å². The molecule has 0 radical (unpaired) electrons. The molecule has 92 valence electrons. The first-order valence-electron chi connectivity index (χ1n) is 5.90. The van der Waals surface area contributed by atoms with Crippen LogP contribution in [0.1, 0.15) is 24.1 Å². The molecule has 0 aromatic heterocycles. The van der Waals surface area contributed by atoms with Crippen molar-refractivity contribution in [1.29, 1.82) is 5.26 Å². The van der Waals surface area contributed by atoms with E-state index in [0.29, 0.717) is 6.61 Å². The lowest BCUT2D eigenvalue weighted by molar-refractivity contribution is 0.151. The molecule has 0 aliphatic heterocycles. The zero-order chi connectivity index (χ0) is 12.7. The highest BCUT2D eigenvalue weighted by Crippen LogP contribution is 2.19. The summed E-state index contributed by atoms with van der Waals surface area (Å²) in [7, 11) is 3.62. The number of likely N-dealkylation sites (N-methyl/N-ethyl adjacent to an activating group) is 1. The standard InChI is InChI=1S/C14H20N2O/c1-4-12-5-7-13(8-6-12)14(11-15)16(2)9-10-17-3/h5-8,14H,4,9-10H2,1-3H3. The van der Waals surface area contributed by atoms with Crippen LogP contribution in [0.15, 0.2) is 24.3 Å². The number of hydrogen-bond acceptors (Lipinski definition) is 3. The van der Waals surface area contributed by atoms with E-state index in [2.05, 4.69) is 25.1 Å². The van der Waals surface area contributed by atoms with Crippen LogP contribution in [-0.2, 0) is 11.2 Å². The van der Waals surface area contributed by atoms with Gasteiger partial charge < -0.3 is 4.74 Å². The van der Waals surface area contributed by atoms with Gasteiger partial charge in [0.25, 0.3) is 0 Å². The topological polar surface area (TPSA) is 36.3 Å². The average molecular weight is 232 g/mol. The Morgan fingerprint density at radius 1 is 1.35 bits per heavy atom. The quantitative estimate of drug-likeness (QED) is 0.755. The molecule has 0 saturated heterocycles. The second kappa shape index (κ2) is 7.05. The Kier molecular flexibility index (Phi) is 5.68. The third-order valence-corrected chi connectivity index (χ3v) is 2.91. The van der Waals surface area contributed by atoms with Gasteiger partial charge in [0.1, 0.15) is 6.04 Å². The molecule has 0 heterocycles. The fraction of sp³-hybridized carbons (Fsp3) is 0.500. The highest BCUT2D eigenvalue weighted by molar-refractivity contribution is 5.28. The van der Waals surface area contributed by atoms with Gasteiger partial charge in [0.2, 0.25) is 0 Å². The molecule has 1 unspecified atom stereocenters. The summed E-state index contributed by atoms with van der Waals surface area (Å²) < 4.78 is 5.03. The summed E-state index contributed by atoms with van der Waals surface area (Å²) in [6.07, 6.45) is 1.02. The van der Waals surface area contributed by atoms with Crippen LogP contribution in [0.5, 0.6) is 0 Å². The first-order valence-corrected chi connectivity index (χ1v) is 5.90. The number of rotatable bonds is 6. The van der Waals surface area contributed by atoms with E-state index in [1.807, 2.05) is 24.1 Å². The van der Waals surface area contributed by atoms with Crippen LogP contribution < -0.4 is 0 Å². The van der Waals surface area contributed by atoms with Crippen LogP contribution in [0.4, 0.5) is 0 Å². The molecule has 0 fully saturated rings. The second-order valence-corrected chi connectivity index (χ2v) is 4.10. The van der Waals surface area contributed by atoms with Crippen molar-refractivity contribution in [2.45, 2.75) is 19.4 Å². The molecule has 0 N–H and O–H groups in total. The maximum atomic E-state index is 9.24. The Hall–Kier alpha value is -1.37. The zero-order valence-corrected chi connectivity index (χ0v) is 10.8. The summed E-state index contributed by atoms with van der Waals surface area (Å²) in [6.45, 7) is 3.52. The molecule has 0 spiro atoms. The Morgan fingerprint density at radius 2 is 2.00 bits per heavy atom. The average Bonchev–Trinajstić information content (AvgIpc) is 2.38. The van der Waals surface area contributed by atoms with E-state index in [0.717, 1.165) is 18.5 Å². The van der Waals surface area contributed by atoms with Gasteiger partial charge in [-0.2, -0.15) is 5.26 Å². The Morgan fingerprint density at radius 3 is 2.47 bits per heavy atom. The van der Waals surface area contributed by atoms with Gasteiger partial charge in [0, 0.05) is 13.7 Å². The van der Waals surface area contributed by atoms with Crippen LogP contribution in [0, 0.1) is 11.3 Å². The number of hydrogen-bond donors (Lipinski definition) is 0. The number of aryl methyl sites for hydroxylation is 1. The lowest BCUT2D eigenvalue weighted by atomic mass is 10.0. The number of methoxy groups -OCH3 is 1. The third-order valence-electron chi connectivity index (χ3n) is 2.91. The van der Waals surface area contributed by atoms with E-state index in [9.17, 15) is 5.26 Å². The van der Waals surface area contributed by atoms with Gasteiger partial charge in [-0.05, 0) is 24.6 Å². The van der Waals surface area contributed by atoms with E-state index in [1.54, 1.807) is 7.11 Å². The lowest BCUT2D eigenvalue weighted by Crippen LogP contribution is -2.27. The molecule has 1 aromatic carbocycles. The van der Waals surface area contributed by atoms with Crippen molar-refractivity contribution in [1.82, 2.24) is 4.90 Å². The van der Waals surface area contributed by atoms with E-state index in [4.69, 9.17) is 4.74 Å². The molecule has 0 bridgehead atoms. The van der Waals surface area contributed by atoms with Crippen LogP contribution in [0.25, 0.3) is 0 Å². The predicted octanol–water partition coefficient (Wildman–Crippen LogP) is 2.39. The molecule has 1 aromatic rings. The molecule has 1 rings (SSSR count). The van der Waals surface area contributed by atoms with Crippen molar-refractivity contribution in [2.75, 3.05) is 27.3 Å². The van der Waals surface area contributed by atoms with E-state index in [1.165, 1.54) is 5.56 Å². The first kappa shape index (κ1) is 13.7. The molecular formula is C14H20N2O. The van der Waals surface area contributed by atoms with Gasteiger partial charge in [0.15, 0.2) is 0 Å². The largest absolute Gasteiger partial charge is 0.383 e. The first-order chi connectivity index (χ1) is 8.22. The Balaban J connectivity index is 2.75. The summed E-state index contributed by atoms with van der Waals surface area (Å²) in [5, 5.41) is 9.24. The summed E-state index contributed by atoms with van der Waals surface area (Å²) in [4.78, 5) is 2.00. The van der Waals surface area contributed by atoms with Crippen LogP contribution in [0.3, 0.4) is 0 Å². The summed E-state index contributed by atoms with van der Waals surface area (Å²) in [5.74, 6) is 0. The molecule has 0 saturated carbocycles. The fourth-order valence-electron chi connectivity index (χ4n) is 1.73. The SMILES string of the molecule is CCc1ccc(C(C#N)N(C)CCOC)cc1. The highest BCUT2D eigenvalue weighted by Gasteiger charge is 2.15.